The number of halogens is 2. The van der Waals surface area contributed by atoms with Crippen molar-refractivity contribution in [3.63, 3.8) is 0 Å². The smallest absolute Gasteiger partial charge is 0.228 e. The number of carbonyl (C=O) groups excluding carboxylic acids is 1. The lowest BCUT2D eigenvalue weighted by atomic mass is 10.1. The Hall–Kier alpha value is -1.58. The molecular weight excluding hydrogens is 307 g/mol. The number of hydrogen-bond donors (Lipinski definition) is 1. The van der Waals surface area contributed by atoms with Crippen molar-refractivity contribution in [2.75, 3.05) is 5.32 Å². The first-order valence-electron chi connectivity index (χ1n) is 6.75. The van der Waals surface area contributed by atoms with Crippen LogP contribution in [0.3, 0.4) is 0 Å². The largest absolute Gasteiger partial charge is 0.323 e. The van der Waals surface area contributed by atoms with Gasteiger partial charge in [0.25, 0.3) is 0 Å². The number of benzene rings is 1. The molecule has 1 amide bonds. The van der Waals surface area contributed by atoms with E-state index in [0.29, 0.717) is 10.8 Å². The van der Waals surface area contributed by atoms with Crippen molar-refractivity contribution in [3.05, 3.63) is 57.3 Å². The van der Waals surface area contributed by atoms with Crippen LogP contribution in [0.2, 0.25) is 10.3 Å². The van der Waals surface area contributed by atoms with Crippen molar-refractivity contribution in [2.45, 2.75) is 19.8 Å². The number of anilines is 1. The monoisotopic (exact) mass is 320 g/mol. The van der Waals surface area contributed by atoms with Gasteiger partial charge in [0, 0.05) is 5.92 Å². The van der Waals surface area contributed by atoms with E-state index in [4.69, 9.17) is 23.2 Å². The van der Waals surface area contributed by atoms with Crippen LogP contribution >= 0.6 is 23.2 Å². The van der Waals surface area contributed by atoms with Crippen LogP contribution in [0, 0.1) is 12.8 Å². The summed E-state index contributed by atoms with van der Waals surface area (Å²) in [5.74, 6) is -0.0890. The molecule has 0 radical (unpaired) electrons. The summed E-state index contributed by atoms with van der Waals surface area (Å²) in [4.78, 5) is 16.4. The first-order chi connectivity index (χ1) is 10.0. The van der Waals surface area contributed by atoms with Crippen LogP contribution < -0.4 is 5.32 Å². The molecule has 0 fully saturated rings. The van der Waals surface area contributed by atoms with Crippen LogP contribution in [-0.2, 0) is 17.6 Å². The van der Waals surface area contributed by atoms with E-state index >= 15 is 0 Å². The molecule has 3 rings (SSSR count). The number of nitrogens with zero attached hydrogens (tertiary/aromatic N) is 1. The number of hydrogen-bond acceptors (Lipinski definition) is 2. The fourth-order valence-electron chi connectivity index (χ4n) is 2.72. The third kappa shape index (κ3) is 2.89. The number of carbonyl (C=O) groups is 1. The van der Waals surface area contributed by atoms with Crippen LogP contribution in [0.4, 0.5) is 5.69 Å². The van der Waals surface area contributed by atoms with Gasteiger partial charge in [0.1, 0.15) is 5.15 Å². The van der Waals surface area contributed by atoms with Crippen molar-refractivity contribution in [3.8, 4) is 0 Å². The predicted molar refractivity (Wildman–Crippen MR) is 85.0 cm³/mol. The number of rotatable bonds is 2. The maximum atomic E-state index is 12.4. The van der Waals surface area contributed by atoms with Gasteiger partial charge in [-0.05, 0) is 42.5 Å². The quantitative estimate of drug-likeness (QED) is 0.848. The summed E-state index contributed by atoms with van der Waals surface area (Å²) in [6.07, 6.45) is 1.53. The van der Waals surface area contributed by atoms with Gasteiger partial charge in [0.05, 0.1) is 5.69 Å². The minimum atomic E-state index is -0.0615. The van der Waals surface area contributed by atoms with Gasteiger partial charge in [-0.2, -0.15) is 0 Å². The van der Waals surface area contributed by atoms with Crippen LogP contribution in [0.25, 0.3) is 0 Å². The maximum Gasteiger partial charge on any atom is 0.228 e. The average molecular weight is 321 g/mol. The molecule has 1 aromatic heterocycles. The molecule has 0 unspecified atom stereocenters. The standard InChI is InChI=1S/C16H14Cl2N2O/c1-9-6-13(17)19-15(18)14(9)20-16(21)12-7-10-4-2-3-5-11(10)8-12/h2-6,12H,7-8H2,1H3,(H,20,21). The zero-order chi connectivity index (χ0) is 15.0. The summed E-state index contributed by atoms with van der Waals surface area (Å²) in [6.45, 7) is 1.85. The van der Waals surface area contributed by atoms with E-state index in [1.165, 1.54) is 11.1 Å². The van der Waals surface area contributed by atoms with E-state index < -0.39 is 0 Å². The highest BCUT2D eigenvalue weighted by Gasteiger charge is 2.27. The fourth-order valence-corrected chi connectivity index (χ4v) is 3.29. The second-order valence-electron chi connectivity index (χ2n) is 5.29. The summed E-state index contributed by atoms with van der Waals surface area (Å²) in [6, 6.07) is 9.84. The molecule has 0 atom stereocenters. The second-order valence-corrected chi connectivity index (χ2v) is 6.04. The van der Waals surface area contributed by atoms with E-state index in [2.05, 4.69) is 22.4 Å². The normalized spacial score (nSPS) is 14.0. The first kappa shape index (κ1) is 14.4. The van der Waals surface area contributed by atoms with Gasteiger partial charge >= 0.3 is 0 Å². The molecule has 1 aliphatic carbocycles. The minimum Gasteiger partial charge on any atom is -0.323 e. The topological polar surface area (TPSA) is 42.0 Å². The Morgan fingerprint density at radius 1 is 1.24 bits per heavy atom. The van der Waals surface area contributed by atoms with E-state index in [9.17, 15) is 4.79 Å². The SMILES string of the molecule is Cc1cc(Cl)nc(Cl)c1NC(=O)C1Cc2ccccc2C1. The molecule has 0 aliphatic heterocycles. The third-order valence-corrected chi connectivity index (χ3v) is 4.28. The molecule has 0 saturated heterocycles. The second kappa shape index (κ2) is 5.66. The van der Waals surface area contributed by atoms with E-state index in [1.54, 1.807) is 6.07 Å². The number of aromatic nitrogens is 1. The Bertz CT molecular complexity index is 667. The molecule has 2 aromatic rings. The Balaban J connectivity index is 1.77. The molecule has 21 heavy (non-hydrogen) atoms. The predicted octanol–water partition coefficient (Wildman–Crippen LogP) is 4.05. The molecule has 3 nitrogen and oxygen atoms in total. The zero-order valence-corrected chi connectivity index (χ0v) is 13.0. The fraction of sp³-hybridized carbons (Fsp3) is 0.250. The maximum absolute atomic E-state index is 12.4. The van der Waals surface area contributed by atoms with Crippen molar-refractivity contribution in [1.29, 1.82) is 0 Å². The van der Waals surface area contributed by atoms with Crippen molar-refractivity contribution < 1.29 is 4.79 Å². The molecule has 1 aromatic carbocycles. The number of aryl methyl sites for hydroxylation is 1. The molecule has 5 heteroatoms. The summed E-state index contributed by atoms with van der Waals surface area (Å²) in [5.41, 5.74) is 3.84. The van der Waals surface area contributed by atoms with Gasteiger partial charge in [0.15, 0.2) is 5.15 Å². The molecule has 0 spiro atoms. The number of pyridine rings is 1. The van der Waals surface area contributed by atoms with E-state index in [-0.39, 0.29) is 17.0 Å². The summed E-state index contributed by atoms with van der Waals surface area (Å²) in [5, 5.41) is 3.44. The summed E-state index contributed by atoms with van der Waals surface area (Å²) < 4.78 is 0. The number of fused-ring (bicyclic) bond motifs is 1. The lowest BCUT2D eigenvalue weighted by Crippen LogP contribution is -2.24. The molecule has 1 N–H and O–H groups in total. The summed E-state index contributed by atoms with van der Waals surface area (Å²) >= 11 is 11.9. The molecule has 1 heterocycles. The average Bonchev–Trinajstić information content (AvgIpc) is 2.86. The van der Waals surface area contributed by atoms with Gasteiger partial charge in [-0.3, -0.25) is 4.79 Å². The Morgan fingerprint density at radius 3 is 2.43 bits per heavy atom. The molecule has 0 saturated carbocycles. The van der Waals surface area contributed by atoms with Crippen LogP contribution in [0.5, 0.6) is 0 Å². The van der Waals surface area contributed by atoms with Gasteiger partial charge in [-0.25, -0.2) is 4.98 Å². The lowest BCUT2D eigenvalue weighted by Gasteiger charge is -2.13. The van der Waals surface area contributed by atoms with E-state index in [1.807, 2.05) is 19.1 Å². The minimum absolute atomic E-state index is 0.0275. The molecule has 0 bridgehead atoms. The first-order valence-corrected chi connectivity index (χ1v) is 7.50. The van der Waals surface area contributed by atoms with Crippen molar-refractivity contribution in [2.24, 2.45) is 5.92 Å². The third-order valence-electron chi connectivity index (χ3n) is 3.81. The highest BCUT2D eigenvalue weighted by atomic mass is 35.5. The van der Waals surface area contributed by atoms with Crippen LogP contribution in [0.15, 0.2) is 30.3 Å². The Labute approximate surface area is 133 Å². The Kier molecular flexibility index (Phi) is 3.87. The highest BCUT2D eigenvalue weighted by Crippen LogP contribution is 2.30. The van der Waals surface area contributed by atoms with Gasteiger partial charge in [-0.1, -0.05) is 47.5 Å². The summed E-state index contributed by atoms with van der Waals surface area (Å²) in [7, 11) is 0. The molecular formula is C16H14Cl2N2O. The van der Waals surface area contributed by atoms with Crippen LogP contribution in [0.1, 0.15) is 16.7 Å². The lowest BCUT2D eigenvalue weighted by molar-refractivity contribution is -0.119. The van der Waals surface area contributed by atoms with Crippen molar-refractivity contribution >= 4 is 34.8 Å². The molecule has 108 valence electrons. The zero-order valence-electron chi connectivity index (χ0n) is 11.5. The Morgan fingerprint density at radius 2 is 1.86 bits per heavy atom. The van der Waals surface area contributed by atoms with Gasteiger partial charge in [0.2, 0.25) is 5.91 Å². The van der Waals surface area contributed by atoms with E-state index in [0.717, 1.165) is 18.4 Å². The highest BCUT2D eigenvalue weighted by molar-refractivity contribution is 6.34. The number of nitrogens with one attached hydrogen (secondary N) is 1. The van der Waals surface area contributed by atoms with Gasteiger partial charge in [-0.15, -0.1) is 0 Å². The van der Waals surface area contributed by atoms with Crippen molar-refractivity contribution in [1.82, 2.24) is 4.98 Å². The van der Waals surface area contributed by atoms with Gasteiger partial charge < -0.3 is 5.32 Å². The number of amides is 1. The molecule has 1 aliphatic rings. The van der Waals surface area contributed by atoms with Crippen LogP contribution in [-0.4, -0.2) is 10.9 Å².